The van der Waals surface area contributed by atoms with Gasteiger partial charge in [-0.2, -0.15) is 0 Å². The first-order valence-electron chi connectivity index (χ1n) is 5.29. The van der Waals surface area contributed by atoms with Crippen molar-refractivity contribution in [2.45, 2.75) is 19.4 Å². The van der Waals surface area contributed by atoms with Gasteiger partial charge in [0, 0.05) is 6.42 Å². The Balaban J connectivity index is 2.84. The summed E-state index contributed by atoms with van der Waals surface area (Å²) < 4.78 is 5.29. The predicted molar refractivity (Wildman–Crippen MR) is 62.2 cm³/mol. The molecule has 1 unspecified atom stereocenters. The first-order valence-corrected chi connectivity index (χ1v) is 5.29. The first-order chi connectivity index (χ1) is 8.06. The van der Waals surface area contributed by atoms with Crippen LogP contribution in [0.3, 0.4) is 0 Å². The zero-order valence-corrected chi connectivity index (χ0v) is 9.55. The Morgan fingerprint density at radius 1 is 1.41 bits per heavy atom. The van der Waals surface area contributed by atoms with Gasteiger partial charge in [0.2, 0.25) is 0 Å². The van der Waals surface area contributed by atoms with Crippen molar-refractivity contribution in [1.29, 1.82) is 0 Å². The molecule has 1 aromatic carbocycles. The lowest BCUT2D eigenvalue weighted by molar-refractivity contribution is -0.138. The number of aliphatic carboxylic acids is 1. The summed E-state index contributed by atoms with van der Waals surface area (Å²) in [5, 5.41) is 8.64. The van der Waals surface area contributed by atoms with E-state index in [9.17, 15) is 9.59 Å². The number of para-hydroxylation sites is 1. The van der Waals surface area contributed by atoms with Crippen LogP contribution in [0.2, 0.25) is 0 Å². The summed E-state index contributed by atoms with van der Waals surface area (Å²) in [5.41, 5.74) is 5.68. The highest BCUT2D eigenvalue weighted by Crippen LogP contribution is 2.19. The van der Waals surface area contributed by atoms with Crippen LogP contribution in [0, 0.1) is 0 Å². The Labute approximate surface area is 99.2 Å². The van der Waals surface area contributed by atoms with E-state index in [-0.39, 0.29) is 12.2 Å². The molecule has 5 heteroatoms. The molecule has 0 saturated heterocycles. The average Bonchev–Trinajstić information content (AvgIpc) is 2.29. The monoisotopic (exact) mass is 237 g/mol. The quantitative estimate of drug-likeness (QED) is 0.722. The van der Waals surface area contributed by atoms with E-state index >= 15 is 0 Å². The molecule has 0 fully saturated rings. The van der Waals surface area contributed by atoms with Gasteiger partial charge in [-0.25, -0.2) is 0 Å². The van der Waals surface area contributed by atoms with Gasteiger partial charge in [-0.3, -0.25) is 9.59 Å². The van der Waals surface area contributed by atoms with Crippen molar-refractivity contribution in [2.75, 3.05) is 6.61 Å². The maximum absolute atomic E-state index is 11.8. The normalized spacial score (nSPS) is 11.9. The number of benzene rings is 1. The molecule has 1 rings (SSSR count). The highest BCUT2D eigenvalue weighted by Gasteiger charge is 2.19. The van der Waals surface area contributed by atoms with Crippen molar-refractivity contribution < 1.29 is 19.4 Å². The Kier molecular flexibility index (Phi) is 4.66. The van der Waals surface area contributed by atoms with Crippen molar-refractivity contribution in [3.8, 4) is 5.75 Å². The van der Waals surface area contributed by atoms with Crippen LogP contribution < -0.4 is 10.5 Å². The molecule has 0 heterocycles. The van der Waals surface area contributed by atoms with E-state index in [1.165, 1.54) is 0 Å². The van der Waals surface area contributed by atoms with Crippen molar-refractivity contribution in [3.63, 3.8) is 0 Å². The van der Waals surface area contributed by atoms with Gasteiger partial charge in [0.25, 0.3) is 0 Å². The lowest BCUT2D eigenvalue weighted by Gasteiger charge is -2.10. The van der Waals surface area contributed by atoms with Gasteiger partial charge in [-0.1, -0.05) is 12.1 Å². The summed E-state index contributed by atoms with van der Waals surface area (Å²) in [6, 6.07) is 5.53. The van der Waals surface area contributed by atoms with E-state index in [0.717, 1.165) is 0 Å². The molecule has 1 atom stereocenters. The number of carbonyl (C=O) groups excluding carboxylic acids is 1. The summed E-state index contributed by atoms with van der Waals surface area (Å²) in [7, 11) is 0. The number of hydrogen-bond donors (Lipinski definition) is 2. The van der Waals surface area contributed by atoms with Crippen molar-refractivity contribution in [3.05, 3.63) is 29.8 Å². The van der Waals surface area contributed by atoms with Crippen LogP contribution in [0.25, 0.3) is 0 Å². The van der Waals surface area contributed by atoms with Gasteiger partial charge in [0.1, 0.15) is 11.8 Å². The molecule has 17 heavy (non-hydrogen) atoms. The molecule has 0 spiro atoms. The number of ether oxygens (including phenoxy) is 1. The smallest absolute Gasteiger partial charge is 0.320 e. The fraction of sp³-hybridized carbons (Fsp3) is 0.333. The number of hydrogen-bond acceptors (Lipinski definition) is 4. The van der Waals surface area contributed by atoms with Gasteiger partial charge < -0.3 is 15.6 Å². The van der Waals surface area contributed by atoms with E-state index in [1.54, 1.807) is 24.3 Å². The first kappa shape index (κ1) is 13.2. The SMILES string of the molecule is CCOc1ccccc1C(=O)CC(N)C(=O)O. The summed E-state index contributed by atoms with van der Waals surface area (Å²) in [6.07, 6.45) is -0.237. The fourth-order valence-electron chi connectivity index (χ4n) is 1.38. The molecule has 0 radical (unpaired) electrons. The molecular weight excluding hydrogens is 222 g/mol. The van der Waals surface area contributed by atoms with Crippen LogP contribution in [0.1, 0.15) is 23.7 Å². The molecule has 0 amide bonds. The summed E-state index contributed by atoms with van der Waals surface area (Å²) in [6.45, 7) is 2.25. The van der Waals surface area contributed by atoms with Crippen LogP contribution in [-0.4, -0.2) is 29.5 Å². The third-order valence-corrected chi connectivity index (χ3v) is 2.21. The van der Waals surface area contributed by atoms with Crippen LogP contribution in [0.4, 0.5) is 0 Å². The minimum absolute atomic E-state index is 0.237. The van der Waals surface area contributed by atoms with E-state index in [1.807, 2.05) is 6.92 Å². The van der Waals surface area contributed by atoms with Gasteiger partial charge in [0.15, 0.2) is 5.78 Å². The number of ketones is 1. The minimum Gasteiger partial charge on any atom is -0.493 e. The van der Waals surface area contributed by atoms with Crippen molar-refractivity contribution in [1.82, 2.24) is 0 Å². The lowest BCUT2D eigenvalue weighted by atomic mass is 10.0. The van der Waals surface area contributed by atoms with Crippen molar-refractivity contribution in [2.24, 2.45) is 5.73 Å². The van der Waals surface area contributed by atoms with Crippen LogP contribution in [-0.2, 0) is 4.79 Å². The van der Waals surface area contributed by atoms with E-state index in [4.69, 9.17) is 15.6 Å². The largest absolute Gasteiger partial charge is 0.493 e. The minimum atomic E-state index is -1.19. The Bertz CT molecular complexity index is 417. The van der Waals surface area contributed by atoms with E-state index in [0.29, 0.717) is 17.9 Å². The van der Waals surface area contributed by atoms with Gasteiger partial charge >= 0.3 is 5.97 Å². The van der Waals surface area contributed by atoms with Crippen LogP contribution >= 0.6 is 0 Å². The average molecular weight is 237 g/mol. The second-order valence-electron chi connectivity index (χ2n) is 3.50. The molecule has 0 bridgehead atoms. The van der Waals surface area contributed by atoms with Gasteiger partial charge in [0.05, 0.1) is 12.2 Å². The molecule has 1 aromatic rings. The second kappa shape index (κ2) is 6.00. The molecule has 0 aliphatic carbocycles. The zero-order valence-electron chi connectivity index (χ0n) is 9.55. The lowest BCUT2D eigenvalue weighted by Crippen LogP contribution is -2.32. The molecule has 0 aromatic heterocycles. The summed E-state index contributed by atoms with van der Waals surface area (Å²) in [5.74, 6) is -1.06. The number of rotatable bonds is 6. The Hall–Kier alpha value is -1.88. The number of nitrogens with two attached hydrogens (primary N) is 1. The van der Waals surface area contributed by atoms with Gasteiger partial charge in [-0.15, -0.1) is 0 Å². The predicted octanol–water partition coefficient (Wildman–Crippen LogP) is 1.07. The molecular formula is C12H15NO4. The Morgan fingerprint density at radius 3 is 2.65 bits per heavy atom. The summed E-state index contributed by atoms with van der Waals surface area (Å²) >= 11 is 0. The molecule has 3 N–H and O–H groups in total. The third-order valence-electron chi connectivity index (χ3n) is 2.21. The zero-order chi connectivity index (χ0) is 12.8. The van der Waals surface area contributed by atoms with E-state index in [2.05, 4.69) is 0 Å². The molecule has 0 aliphatic rings. The van der Waals surface area contributed by atoms with Crippen molar-refractivity contribution >= 4 is 11.8 Å². The highest BCUT2D eigenvalue weighted by molar-refractivity contribution is 6.00. The number of carboxylic acids is 1. The maximum atomic E-state index is 11.8. The highest BCUT2D eigenvalue weighted by atomic mass is 16.5. The van der Waals surface area contributed by atoms with E-state index < -0.39 is 12.0 Å². The summed E-state index contributed by atoms with van der Waals surface area (Å²) in [4.78, 5) is 22.4. The van der Waals surface area contributed by atoms with Crippen LogP contribution in [0.15, 0.2) is 24.3 Å². The second-order valence-corrected chi connectivity index (χ2v) is 3.50. The van der Waals surface area contributed by atoms with Crippen LogP contribution in [0.5, 0.6) is 5.75 Å². The number of carbonyl (C=O) groups is 2. The molecule has 0 aliphatic heterocycles. The fourth-order valence-corrected chi connectivity index (χ4v) is 1.38. The Morgan fingerprint density at radius 2 is 2.06 bits per heavy atom. The molecule has 0 saturated carbocycles. The van der Waals surface area contributed by atoms with Gasteiger partial charge in [-0.05, 0) is 19.1 Å². The number of Topliss-reactive ketones (excluding diaryl/α,β-unsaturated/α-hetero) is 1. The number of carboxylic acid groups (broad SMARTS) is 1. The third kappa shape index (κ3) is 3.57. The standard InChI is InChI=1S/C12H15NO4/c1-2-17-11-6-4-3-5-8(11)10(14)7-9(13)12(15)16/h3-6,9H,2,7,13H2,1H3,(H,15,16). The maximum Gasteiger partial charge on any atom is 0.320 e. The molecule has 92 valence electrons. The topological polar surface area (TPSA) is 89.6 Å². The molecule has 5 nitrogen and oxygen atoms in total.